The van der Waals surface area contributed by atoms with Crippen molar-refractivity contribution in [2.75, 3.05) is 6.54 Å². The van der Waals surface area contributed by atoms with Crippen molar-refractivity contribution < 1.29 is 13.6 Å². The molecule has 0 spiro atoms. The second-order valence-electron chi connectivity index (χ2n) is 6.49. The van der Waals surface area contributed by atoms with Crippen molar-refractivity contribution in [1.82, 2.24) is 24.6 Å². The van der Waals surface area contributed by atoms with E-state index in [1.165, 1.54) is 12.1 Å². The lowest BCUT2D eigenvalue weighted by atomic mass is 9.93. The number of amides is 1. The zero-order valence-electron chi connectivity index (χ0n) is 14.1. The van der Waals surface area contributed by atoms with Gasteiger partial charge in [-0.05, 0) is 17.7 Å². The van der Waals surface area contributed by atoms with E-state index in [0.717, 1.165) is 23.0 Å². The Balaban J connectivity index is 1.58. The first-order valence-corrected chi connectivity index (χ1v) is 8.23. The lowest BCUT2D eigenvalue weighted by molar-refractivity contribution is -0.131. The summed E-state index contributed by atoms with van der Waals surface area (Å²) in [6.07, 6.45) is 5.22. The fourth-order valence-corrected chi connectivity index (χ4v) is 3.39. The van der Waals surface area contributed by atoms with E-state index in [4.69, 9.17) is 0 Å². The molecule has 26 heavy (non-hydrogen) atoms. The molecule has 1 aliphatic heterocycles. The van der Waals surface area contributed by atoms with Gasteiger partial charge < -0.3 is 9.88 Å². The molecular weight excluding hydrogens is 340 g/mol. The Labute approximate surface area is 148 Å². The first-order valence-electron chi connectivity index (χ1n) is 8.23. The van der Waals surface area contributed by atoms with E-state index < -0.39 is 11.6 Å². The molecule has 1 unspecified atom stereocenters. The van der Waals surface area contributed by atoms with Crippen LogP contribution in [-0.4, -0.2) is 37.1 Å². The Hall–Kier alpha value is -3.03. The van der Waals surface area contributed by atoms with E-state index in [1.54, 1.807) is 22.1 Å². The highest BCUT2D eigenvalue weighted by molar-refractivity contribution is 5.79. The Morgan fingerprint density at radius 1 is 1.31 bits per heavy atom. The number of H-pyrrole nitrogens is 1. The van der Waals surface area contributed by atoms with Crippen LogP contribution in [0.5, 0.6) is 0 Å². The Bertz CT molecular complexity index is 944. The molecule has 8 heteroatoms. The molecule has 0 bridgehead atoms. The summed E-state index contributed by atoms with van der Waals surface area (Å²) < 4.78 is 28.5. The van der Waals surface area contributed by atoms with Crippen LogP contribution in [0.15, 0.2) is 36.9 Å². The number of nitrogens with zero attached hydrogens (tertiary/aromatic N) is 4. The maximum absolute atomic E-state index is 13.4. The molecule has 0 saturated carbocycles. The molecular formula is C18H17F2N5O. The number of imidazole rings is 1. The zero-order valence-corrected chi connectivity index (χ0v) is 14.1. The van der Waals surface area contributed by atoms with Gasteiger partial charge in [0, 0.05) is 37.3 Å². The smallest absolute Gasteiger partial charge is 0.227 e. The van der Waals surface area contributed by atoms with Crippen LogP contribution >= 0.6 is 0 Å². The Morgan fingerprint density at radius 3 is 2.77 bits per heavy atom. The van der Waals surface area contributed by atoms with Crippen LogP contribution in [0, 0.1) is 11.6 Å². The third-order valence-corrected chi connectivity index (χ3v) is 4.59. The van der Waals surface area contributed by atoms with Gasteiger partial charge in [0.1, 0.15) is 11.6 Å². The highest BCUT2D eigenvalue weighted by Crippen LogP contribution is 2.31. The number of fused-ring (bicyclic) bond motifs is 1. The number of carbonyl (C=O) groups is 1. The minimum absolute atomic E-state index is 0.0576. The fourth-order valence-electron chi connectivity index (χ4n) is 3.39. The molecule has 1 atom stereocenters. The predicted octanol–water partition coefficient (Wildman–Crippen LogP) is 2.14. The van der Waals surface area contributed by atoms with Crippen molar-refractivity contribution in [3.63, 3.8) is 0 Å². The molecule has 4 rings (SSSR count). The first-order chi connectivity index (χ1) is 12.5. The molecule has 1 aromatic carbocycles. The molecule has 1 amide bonds. The fraction of sp³-hybridized carbons (Fsp3) is 0.278. The molecule has 3 heterocycles. The first kappa shape index (κ1) is 16.4. The second kappa shape index (κ2) is 6.36. The topological polar surface area (TPSA) is 66.8 Å². The van der Waals surface area contributed by atoms with Crippen molar-refractivity contribution in [2.24, 2.45) is 7.05 Å². The summed E-state index contributed by atoms with van der Waals surface area (Å²) >= 11 is 0. The van der Waals surface area contributed by atoms with Crippen molar-refractivity contribution in [1.29, 1.82) is 0 Å². The van der Waals surface area contributed by atoms with Crippen molar-refractivity contribution in [3.8, 4) is 0 Å². The SMILES string of the molecule is Cn1cc(C2CN(C(=O)Cc3cc(F)cc(F)c3)Cc3[nH]cnc32)cn1. The van der Waals surface area contributed by atoms with Crippen LogP contribution in [0.25, 0.3) is 0 Å². The van der Waals surface area contributed by atoms with Gasteiger partial charge in [0.2, 0.25) is 5.91 Å². The number of aryl methyl sites for hydroxylation is 1. The van der Waals surface area contributed by atoms with E-state index in [2.05, 4.69) is 15.1 Å². The number of benzene rings is 1. The molecule has 0 radical (unpaired) electrons. The van der Waals surface area contributed by atoms with Crippen LogP contribution in [0.2, 0.25) is 0 Å². The molecule has 0 saturated heterocycles. The van der Waals surface area contributed by atoms with Crippen molar-refractivity contribution in [2.45, 2.75) is 18.9 Å². The lowest BCUT2D eigenvalue weighted by Crippen LogP contribution is -2.39. The third-order valence-electron chi connectivity index (χ3n) is 4.59. The maximum Gasteiger partial charge on any atom is 0.227 e. The minimum Gasteiger partial charge on any atom is -0.347 e. The van der Waals surface area contributed by atoms with Gasteiger partial charge in [-0.15, -0.1) is 0 Å². The highest BCUT2D eigenvalue weighted by atomic mass is 19.1. The number of aromatic amines is 1. The van der Waals surface area contributed by atoms with Crippen molar-refractivity contribution >= 4 is 5.91 Å². The van der Waals surface area contributed by atoms with E-state index in [1.807, 2.05) is 13.2 Å². The average molecular weight is 357 g/mol. The van der Waals surface area contributed by atoms with E-state index in [9.17, 15) is 13.6 Å². The summed E-state index contributed by atoms with van der Waals surface area (Å²) in [5.41, 5.74) is 3.05. The zero-order chi connectivity index (χ0) is 18.3. The van der Waals surface area contributed by atoms with E-state index in [0.29, 0.717) is 18.7 Å². The van der Waals surface area contributed by atoms with Crippen LogP contribution in [0.3, 0.4) is 0 Å². The van der Waals surface area contributed by atoms with Gasteiger partial charge in [-0.2, -0.15) is 5.10 Å². The maximum atomic E-state index is 13.4. The van der Waals surface area contributed by atoms with Gasteiger partial charge in [-0.1, -0.05) is 0 Å². The Morgan fingerprint density at radius 2 is 2.08 bits per heavy atom. The van der Waals surface area contributed by atoms with Crippen LogP contribution in [0.1, 0.15) is 28.4 Å². The number of aromatic nitrogens is 4. The second-order valence-corrected chi connectivity index (χ2v) is 6.49. The number of rotatable bonds is 3. The monoisotopic (exact) mass is 357 g/mol. The molecule has 0 fully saturated rings. The summed E-state index contributed by atoms with van der Waals surface area (Å²) in [7, 11) is 1.83. The normalized spacial score (nSPS) is 16.6. The summed E-state index contributed by atoms with van der Waals surface area (Å²) in [6.45, 7) is 0.836. The molecule has 2 aromatic heterocycles. The molecule has 3 aromatic rings. The number of halogens is 2. The third kappa shape index (κ3) is 3.10. The Kier molecular flexibility index (Phi) is 4.02. The summed E-state index contributed by atoms with van der Waals surface area (Å²) in [5, 5.41) is 4.20. The van der Waals surface area contributed by atoms with Gasteiger partial charge in [0.15, 0.2) is 0 Å². The summed E-state index contributed by atoms with van der Waals surface area (Å²) in [6, 6.07) is 3.17. The van der Waals surface area contributed by atoms with Crippen LogP contribution < -0.4 is 0 Å². The van der Waals surface area contributed by atoms with Gasteiger partial charge in [-0.25, -0.2) is 13.8 Å². The number of hydrogen-bond donors (Lipinski definition) is 1. The summed E-state index contributed by atoms with van der Waals surface area (Å²) in [4.78, 5) is 21.9. The van der Waals surface area contributed by atoms with E-state index >= 15 is 0 Å². The quantitative estimate of drug-likeness (QED) is 0.781. The van der Waals surface area contributed by atoms with E-state index in [-0.39, 0.29) is 18.2 Å². The molecule has 1 N–H and O–H groups in total. The lowest BCUT2D eigenvalue weighted by Gasteiger charge is -2.31. The largest absolute Gasteiger partial charge is 0.347 e. The standard InChI is InChI=1S/C18H17F2N5O/c1-24-7-12(6-23-24)15-8-25(9-16-18(15)22-10-21-16)17(26)4-11-2-13(19)5-14(20)3-11/h2-3,5-7,10,15H,4,8-9H2,1H3,(H,21,22). The average Bonchev–Trinajstić information content (AvgIpc) is 3.21. The minimum atomic E-state index is -0.685. The van der Waals surface area contributed by atoms with Gasteiger partial charge in [-0.3, -0.25) is 9.48 Å². The number of nitrogens with one attached hydrogen (secondary N) is 1. The number of hydrogen-bond acceptors (Lipinski definition) is 3. The molecule has 6 nitrogen and oxygen atoms in total. The van der Waals surface area contributed by atoms with Crippen molar-refractivity contribution in [3.05, 3.63) is 71.1 Å². The van der Waals surface area contributed by atoms with Gasteiger partial charge in [0.25, 0.3) is 0 Å². The van der Waals surface area contributed by atoms with Crippen LogP contribution in [-0.2, 0) is 24.8 Å². The summed E-state index contributed by atoms with van der Waals surface area (Å²) in [5.74, 6) is -1.65. The van der Waals surface area contributed by atoms with Crippen LogP contribution in [0.4, 0.5) is 8.78 Å². The molecule has 0 aliphatic carbocycles. The molecule has 134 valence electrons. The van der Waals surface area contributed by atoms with Gasteiger partial charge in [0.05, 0.1) is 36.9 Å². The number of carbonyl (C=O) groups excluding carboxylic acids is 1. The molecule has 1 aliphatic rings. The predicted molar refractivity (Wildman–Crippen MR) is 89.1 cm³/mol. The van der Waals surface area contributed by atoms with Gasteiger partial charge >= 0.3 is 0 Å². The highest BCUT2D eigenvalue weighted by Gasteiger charge is 2.32.